The van der Waals surface area contributed by atoms with Crippen LogP contribution in [0.3, 0.4) is 0 Å². The minimum atomic E-state index is -0.186. The van der Waals surface area contributed by atoms with Gasteiger partial charge in [0, 0.05) is 37.6 Å². The summed E-state index contributed by atoms with van der Waals surface area (Å²) in [6.45, 7) is 2.07. The molecule has 0 saturated carbocycles. The lowest BCUT2D eigenvalue weighted by Gasteiger charge is -2.24. The summed E-state index contributed by atoms with van der Waals surface area (Å²) < 4.78 is 1.56. The zero-order chi connectivity index (χ0) is 20.1. The molecule has 1 atom stereocenters. The van der Waals surface area contributed by atoms with E-state index in [1.807, 2.05) is 25.1 Å². The number of nitrogens with one attached hydrogen (secondary N) is 1. The maximum Gasteiger partial charge on any atom is 0.254 e. The Kier molecular flexibility index (Phi) is 5.78. The van der Waals surface area contributed by atoms with E-state index in [9.17, 15) is 9.59 Å². The summed E-state index contributed by atoms with van der Waals surface area (Å²) in [7, 11) is 3.34. The van der Waals surface area contributed by atoms with Crippen LogP contribution < -0.4 is 5.32 Å². The highest BCUT2D eigenvalue weighted by molar-refractivity contribution is 5.95. The fourth-order valence-electron chi connectivity index (χ4n) is 2.78. The third-order valence-corrected chi connectivity index (χ3v) is 4.59. The van der Waals surface area contributed by atoms with Gasteiger partial charge in [-0.05, 0) is 30.7 Å². The van der Waals surface area contributed by atoms with Crippen molar-refractivity contribution in [2.75, 3.05) is 14.1 Å². The van der Waals surface area contributed by atoms with E-state index >= 15 is 0 Å². The molecule has 0 aliphatic carbocycles. The zero-order valence-electron chi connectivity index (χ0n) is 16.0. The van der Waals surface area contributed by atoms with Crippen molar-refractivity contribution >= 4 is 11.8 Å². The van der Waals surface area contributed by atoms with E-state index in [1.54, 1.807) is 54.4 Å². The van der Waals surface area contributed by atoms with Crippen LogP contribution in [0, 0.1) is 0 Å². The van der Waals surface area contributed by atoms with E-state index < -0.39 is 0 Å². The molecule has 0 unspecified atom stereocenters. The van der Waals surface area contributed by atoms with Gasteiger partial charge in [0.2, 0.25) is 5.91 Å². The van der Waals surface area contributed by atoms with Crippen LogP contribution in [0.2, 0.25) is 0 Å². The topological polar surface area (TPSA) is 93.0 Å². The Morgan fingerprint density at radius 3 is 2.79 bits per heavy atom. The van der Waals surface area contributed by atoms with Crippen LogP contribution in [-0.2, 0) is 11.3 Å². The van der Waals surface area contributed by atoms with Crippen LogP contribution in [0.4, 0.5) is 0 Å². The van der Waals surface area contributed by atoms with Crippen molar-refractivity contribution in [3.63, 3.8) is 0 Å². The second kappa shape index (κ2) is 8.43. The Hall–Kier alpha value is -3.55. The maximum absolute atomic E-state index is 12.9. The molecular formula is C20H22N6O2. The highest BCUT2D eigenvalue weighted by atomic mass is 16.2. The second-order valence-electron chi connectivity index (χ2n) is 6.41. The third kappa shape index (κ3) is 4.22. The summed E-state index contributed by atoms with van der Waals surface area (Å²) in [5, 5.41) is 6.77. The first-order valence-corrected chi connectivity index (χ1v) is 8.86. The predicted octanol–water partition coefficient (Wildman–Crippen LogP) is 1.92. The highest BCUT2D eigenvalue weighted by Gasteiger charge is 2.20. The molecule has 28 heavy (non-hydrogen) atoms. The molecule has 2 aromatic heterocycles. The van der Waals surface area contributed by atoms with E-state index in [4.69, 9.17) is 0 Å². The minimum Gasteiger partial charge on any atom is -0.358 e. The van der Waals surface area contributed by atoms with Gasteiger partial charge in [0.15, 0.2) is 0 Å². The van der Waals surface area contributed by atoms with Crippen LogP contribution in [0.1, 0.15) is 29.0 Å². The van der Waals surface area contributed by atoms with Gasteiger partial charge in [-0.3, -0.25) is 14.3 Å². The number of rotatable bonds is 6. The Bertz CT molecular complexity index is 970. The largest absolute Gasteiger partial charge is 0.358 e. The number of benzene rings is 1. The van der Waals surface area contributed by atoms with Crippen LogP contribution in [0.25, 0.3) is 11.1 Å². The molecule has 0 fully saturated rings. The molecular weight excluding hydrogens is 356 g/mol. The lowest BCUT2D eigenvalue weighted by Crippen LogP contribution is -2.30. The number of hydrogen-bond donors (Lipinski definition) is 1. The summed E-state index contributed by atoms with van der Waals surface area (Å²) in [5.74, 6) is -0.232. The summed E-state index contributed by atoms with van der Waals surface area (Å²) >= 11 is 0. The molecule has 0 radical (unpaired) electrons. The molecule has 0 aliphatic rings. The Balaban J connectivity index is 1.79. The van der Waals surface area contributed by atoms with E-state index in [2.05, 4.69) is 20.4 Å². The first kappa shape index (κ1) is 19.2. The molecule has 1 aromatic carbocycles. The molecule has 1 N–H and O–H groups in total. The maximum atomic E-state index is 12.9. The monoisotopic (exact) mass is 378 g/mol. The summed E-state index contributed by atoms with van der Waals surface area (Å²) in [6.07, 6.45) is 6.60. The van der Waals surface area contributed by atoms with Gasteiger partial charge in [0.25, 0.3) is 5.91 Å². The molecule has 3 aromatic rings. The van der Waals surface area contributed by atoms with Gasteiger partial charge >= 0.3 is 0 Å². The van der Waals surface area contributed by atoms with Gasteiger partial charge in [-0.15, -0.1) is 0 Å². The lowest BCUT2D eigenvalue weighted by molar-refractivity contribution is -0.121. The molecule has 8 nitrogen and oxygen atoms in total. The predicted molar refractivity (Wildman–Crippen MR) is 104 cm³/mol. The zero-order valence-corrected chi connectivity index (χ0v) is 16.0. The Morgan fingerprint density at radius 1 is 1.25 bits per heavy atom. The standard InChI is InChI=1S/C20H22N6O2/c1-14(18-7-8-22-13-23-18)25(3)20(28)16-6-4-5-15(9-16)17-10-24-26(11-17)12-19(27)21-2/h4-11,13-14H,12H2,1-3H3,(H,21,27)/t14-/m0/s1. The van der Waals surface area contributed by atoms with E-state index in [0.717, 1.165) is 16.8 Å². The summed E-state index contributed by atoms with van der Waals surface area (Å²) in [6, 6.07) is 8.96. The van der Waals surface area contributed by atoms with Gasteiger partial charge in [0.1, 0.15) is 12.9 Å². The van der Waals surface area contributed by atoms with Crippen LogP contribution in [-0.4, -0.2) is 50.6 Å². The van der Waals surface area contributed by atoms with Crippen molar-refractivity contribution < 1.29 is 9.59 Å². The van der Waals surface area contributed by atoms with Crippen molar-refractivity contribution in [2.24, 2.45) is 0 Å². The fraction of sp³-hybridized carbons (Fsp3) is 0.250. The van der Waals surface area contributed by atoms with Gasteiger partial charge in [-0.1, -0.05) is 12.1 Å². The molecule has 2 heterocycles. The second-order valence-corrected chi connectivity index (χ2v) is 6.41. The Morgan fingerprint density at radius 2 is 2.07 bits per heavy atom. The smallest absolute Gasteiger partial charge is 0.254 e. The van der Waals surface area contributed by atoms with Crippen LogP contribution >= 0.6 is 0 Å². The number of carbonyl (C=O) groups is 2. The number of aromatic nitrogens is 4. The molecule has 3 rings (SSSR count). The van der Waals surface area contributed by atoms with Crippen molar-refractivity contribution in [3.8, 4) is 11.1 Å². The highest BCUT2D eigenvalue weighted by Crippen LogP contribution is 2.23. The van der Waals surface area contributed by atoms with Crippen molar-refractivity contribution in [1.82, 2.24) is 30.0 Å². The number of likely N-dealkylation sites (N-methyl/N-ethyl adjacent to an activating group) is 1. The number of nitrogens with zero attached hydrogens (tertiary/aromatic N) is 5. The molecule has 8 heteroatoms. The van der Waals surface area contributed by atoms with Crippen molar-refractivity contribution in [1.29, 1.82) is 0 Å². The molecule has 2 amide bonds. The molecule has 0 aliphatic heterocycles. The minimum absolute atomic E-state index is 0.106. The van der Waals surface area contributed by atoms with Crippen LogP contribution in [0.5, 0.6) is 0 Å². The number of carbonyl (C=O) groups excluding carboxylic acids is 2. The quantitative estimate of drug-likeness (QED) is 0.707. The first-order valence-electron chi connectivity index (χ1n) is 8.86. The molecule has 0 bridgehead atoms. The van der Waals surface area contributed by atoms with Crippen molar-refractivity contribution in [2.45, 2.75) is 19.5 Å². The average molecular weight is 378 g/mol. The van der Waals surface area contributed by atoms with Crippen molar-refractivity contribution in [3.05, 3.63) is 66.5 Å². The number of hydrogen-bond acceptors (Lipinski definition) is 5. The average Bonchev–Trinajstić information content (AvgIpc) is 3.21. The third-order valence-electron chi connectivity index (χ3n) is 4.59. The molecule has 144 valence electrons. The normalized spacial score (nSPS) is 11.7. The molecule has 0 saturated heterocycles. The van der Waals surface area contributed by atoms with E-state index in [1.165, 1.54) is 6.33 Å². The van der Waals surface area contributed by atoms with Gasteiger partial charge in [-0.25, -0.2) is 9.97 Å². The van der Waals surface area contributed by atoms with Gasteiger partial charge in [0.05, 0.1) is 17.9 Å². The van der Waals surface area contributed by atoms with Gasteiger partial charge < -0.3 is 10.2 Å². The number of amides is 2. The summed E-state index contributed by atoms with van der Waals surface area (Å²) in [5.41, 5.74) is 3.04. The first-order chi connectivity index (χ1) is 13.5. The molecule has 0 spiro atoms. The summed E-state index contributed by atoms with van der Waals surface area (Å²) in [4.78, 5) is 34.2. The van der Waals surface area contributed by atoms with E-state index in [0.29, 0.717) is 5.56 Å². The van der Waals surface area contributed by atoms with Gasteiger partial charge in [-0.2, -0.15) is 5.10 Å². The Labute approximate surface area is 163 Å². The lowest BCUT2D eigenvalue weighted by atomic mass is 10.0. The van der Waals surface area contributed by atoms with Crippen LogP contribution in [0.15, 0.2) is 55.2 Å². The fourth-order valence-corrected chi connectivity index (χ4v) is 2.78. The van der Waals surface area contributed by atoms with E-state index in [-0.39, 0.29) is 24.4 Å². The SMILES string of the molecule is CNC(=O)Cn1cc(-c2cccc(C(=O)N(C)[C@@H](C)c3ccncn3)c2)cn1.